The first-order valence-corrected chi connectivity index (χ1v) is 5.73. The summed E-state index contributed by atoms with van der Waals surface area (Å²) in [6.45, 7) is 3.65. The van der Waals surface area contributed by atoms with Crippen LogP contribution in [0.1, 0.15) is 12.5 Å². The van der Waals surface area contributed by atoms with E-state index in [1.54, 1.807) is 6.07 Å². The minimum Gasteiger partial charge on any atom is -0.506 e. The smallest absolute Gasteiger partial charge is 0.138 e. The first-order chi connectivity index (χ1) is 7.52. The molecule has 0 saturated heterocycles. The van der Waals surface area contributed by atoms with E-state index in [1.807, 2.05) is 26.2 Å². The van der Waals surface area contributed by atoms with Gasteiger partial charge in [-0.05, 0) is 27.1 Å². The monoisotopic (exact) mass is 242 g/mol. The average Bonchev–Trinajstić information content (AvgIpc) is 2.24. The zero-order valence-corrected chi connectivity index (χ0v) is 10.8. The molecule has 1 aromatic carbocycles. The Morgan fingerprint density at radius 1 is 1.44 bits per heavy atom. The summed E-state index contributed by atoms with van der Waals surface area (Å²) in [5.74, 6) is 0.175. The second kappa shape index (κ2) is 6.09. The Bertz CT molecular complexity index is 342. The van der Waals surface area contributed by atoms with Crippen molar-refractivity contribution in [2.45, 2.75) is 19.5 Å². The number of likely N-dealkylation sites (N-methyl/N-ethyl adjacent to an activating group) is 1. The van der Waals surface area contributed by atoms with Crippen LogP contribution >= 0.6 is 11.6 Å². The van der Waals surface area contributed by atoms with Crippen LogP contribution in [0.5, 0.6) is 5.75 Å². The number of phenolic OH excluding ortho intramolecular Hbond substituents is 1. The van der Waals surface area contributed by atoms with Gasteiger partial charge in [0.1, 0.15) is 5.75 Å². The van der Waals surface area contributed by atoms with Crippen LogP contribution in [0.2, 0.25) is 5.02 Å². The van der Waals surface area contributed by atoms with Crippen LogP contribution in [0.4, 0.5) is 0 Å². The summed E-state index contributed by atoms with van der Waals surface area (Å²) in [7, 11) is 4.09. The van der Waals surface area contributed by atoms with Crippen LogP contribution < -0.4 is 5.32 Å². The summed E-state index contributed by atoms with van der Waals surface area (Å²) in [6, 6.07) is 5.85. The quantitative estimate of drug-likeness (QED) is 0.830. The van der Waals surface area contributed by atoms with Crippen LogP contribution in [0.15, 0.2) is 18.2 Å². The van der Waals surface area contributed by atoms with Gasteiger partial charge in [0.25, 0.3) is 0 Å². The molecular weight excluding hydrogens is 224 g/mol. The molecule has 4 heteroatoms. The number of hydrogen-bond acceptors (Lipinski definition) is 3. The lowest BCUT2D eigenvalue weighted by atomic mass is 10.2. The third kappa shape index (κ3) is 3.67. The van der Waals surface area contributed by atoms with Crippen molar-refractivity contribution in [3.63, 3.8) is 0 Å². The molecule has 2 N–H and O–H groups in total. The Hall–Kier alpha value is -0.770. The molecule has 0 spiro atoms. The van der Waals surface area contributed by atoms with E-state index in [-0.39, 0.29) is 5.75 Å². The highest BCUT2D eigenvalue weighted by Gasteiger charge is 2.06. The van der Waals surface area contributed by atoms with Crippen molar-refractivity contribution in [1.29, 1.82) is 0 Å². The predicted molar refractivity (Wildman–Crippen MR) is 68.0 cm³/mol. The molecule has 1 rings (SSSR count). The number of para-hydroxylation sites is 1. The Morgan fingerprint density at radius 3 is 2.75 bits per heavy atom. The molecule has 1 aromatic rings. The predicted octanol–water partition coefficient (Wildman–Crippen LogP) is 2.09. The minimum absolute atomic E-state index is 0.175. The van der Waals surface area contributed by atoms with Crippen LogP contribution in [0.25, 0.3) is 0 Å². The molecule has 0 bridgehead atoms. The van der Waals surface area contributed by atoms with E-state index in [1.165, 1.54) is 0 Å². The lowest BCUT2D eigenvalue weighted by molar-refractivity contribution is 0.302. The molecule has 0 radical (unpaired) electrons. The SMILES string of the molecule is CC(CNCc1cccc(Cl)c1O)N(C)C. The van der Waals surface area contributed by atoms with Gasteiger partial charge in [-0.25, -0.2) is 0 Å². The maximum atomic E-state index is 9.69. The topological polar surface area (TPSA) is 35.5 Å². The molecule has 0 aliphatic rings. The summed E-state index contributed by atoms with van der Waals surface area (Å²) >= 11 is 5.82. The number of benzene rings is 1. The summed E-state index contributed by atoms with van der Waals surface area (Å²) < 4.78 is 0. The van der Waals surface area contributed by atoms with Crippen LogP contribution in [0, 0.1) is 0 Å². The molecule has 0 aliphatic carbocycles. The van der Waals surface area contributed by atoms with Crippen molar-refractivity contribution in [2.24, 2.45) is 0 Å². The standard InChI is InChI=1S/C12H19ClN2O/c1-9(15(2)3)7-14-8-10-5-4-6-11(13)12(10)16/h4-6,9,14,16H,7-8H2,1-3H3. The van der Waals surface area contributed by atoms with E-state index in [4.69, 9.17) is 11.6 Å². The van der Waals surface area contributed by atoms with Gasteiger partial charge >= 0.3 is 0 Å². The third-order valence-electron chi connectivity index (χ3n) is 2.71. The maximum Gasteiger partial charge on any atom is 0.138 e. The number of halogens is 1. The first kappa shape index (κ1) is 13.3. The molecular formula is C12H19ClN2O. The Morgan fingerprint density at radius 2 is 2.12 bits per heavy atom. The molecule has 90 valence electrons. The van der Waals surface area contributed by atoms with Crippen molar-refractivity contribution in [3.8, 4) is 5.75 Å². The van der Waals surface area contributed by atoms with Gasteiger partial charge in [-0.2, -0.15) is 0 Å². The molecule has 16 heavy (non-hydrogen) atoms. The normalized spacial score (nSPS) is 13.1. The third-order valence-corrected chi connectivity index (χ3v) is 3.01. The van der Waals surface area contributed by atoms with Crippen LogP contribution in [-0.2, 0) is 6.54 Å². The molecule has 0 saturated carbocycles. The Balaban J connectivity index is 2.46. The number of hydrogen-bond donors (Lipinski definition) is 2. The molecule has 0 aliphatic heterocycles. The summed E-state index contributed by atoms with van der Waals surface area (Å²) in [4.78, 5) is 2.14. The highest BCUT2D eigenvalue weighted by atomic mass is 35.5. The van der Waals surface area contributed by atoms with Gasteiger partial charge in [0.2, 0.25) is 0 Å². The number of phenols is 1. The molecule has 0 fully saturated rings. The molecule has 1 atom stereocenters. The lowest BCUT2D eigenvalue weighted by Gasteiger charge is -2.20. The van der Waals surface area contributed by atoms with E-state index in [9.17, 15) is 5.11 Å². The van der Waals surface area contributed by atoms with E-state index in [2.05, 4.69) is 17.1 Å². The van der Waals surface area contributed by atoms with E-state index < -0.39 is 0 Å². The van der Waals surface area contributed by atoms with Crippen molar-refractivity contribution in [2.75, 3.05) is 20.6 Å². The second-order valence-corrected chi connectivity index (χ2v) is 4.60. The Labute approximate surface area is 102 Å². The zero-order valence-electron chi connectivity index (χ0n) is 10.00. The van der Waals surface area contributed by atoms with Crippen molar-refractivity contribution in [3.05, 3.63) is 28.8 Å². The van der Waals surface area contributed by atoms with E-state index >= 15 is 0 Å². The fourth-order valence-corrected chi connectivity index (χ4v) is 1.50. The first-order valence-electron chi connectivity index (χ1n) is 5.36. The highest BCUT2D eigenvalue weighted by Crippen LogP contribution is 2.26. The van der Waals surface area contributed by atoms with Gasteiger partial charge in [-0.1, -0.05) is 23.7 Å². The zero-order chi connectivity index (χ0) is 12.1. The van der Waals surface area contributed by atoms with Gasteiger partial charge < -0.3 is 15.3 Å². The van der Waals surface area contributed by atoms with Gasteiger partial charge in [-0.3, -0.25) is 0 Å². The number of nitrogens with one attached hydrogen (secondary N) is 1. The molecule has 1 unspecified atom stereocenters. The largest absolute Gasteiger partial charge is 0.506 e. The van der Waals surface area contributed by atoms with Gasteiger partial charge in [0.05, 0.1) is 5.02 Å². The molecule has 0 heterocycles. The fraction of sp³-hybridized carbons (Fsp3) is 0.500. The molecule has 0 amide bonds. The summed E-state index contributed by atoms with van der Waals surface area (Å²) in [5.41, 5.74) is 0.832. The van der Waals surface area contributed by atoms with Gasteiger partial charge in [0, 0.05) is 24.7 Å². The Kier molecular flexibility index (Phi) is 5.06. The number of rotatable bonds is 5. The van der Waals surface area contributed by atoms with Crippen molar-refractivity contribution in [1.82, 2.24) is 10.2 Å². The van der Waals surface area contributed by atoms with Gasteiger partial charge in [-0.15, -0.1) is 0 Å². The van der Waals surface area contributed by atoms with E-state index in [0.29, 0.717) is 17.6 Å². The van der Waals surface area contributed by atoms with Crippen molar-refractivity contribution >= 4 is 11.6 Å². The second-order valence-electron chi connectivity index (χ2n) is 4.19. The molecule has 0 aromatic heterocycles. The molecule has 3 nitrogen and oxygen atoms in total. The van der Waals surface area contributed by atoms with Crippen LogP contribution in [0.3, 0.4) is 0 Å². The minimum atomic E-state index is 0.175. The van der Waals surface area contributed by atoms with Gasteiger partial charge in [0.15, 0.2) is 0 Å². The van der Waals surface area contributed by atoms with Crippen LogP contribution in [-0.4, -0.2) is 36.7 Å². The fourth-order valence-electron chi connectivity index (χ4n) is 1.30. The van der Waals surface area contributed by atoms with Crippen molar-refractivity contribution < 1.29 is 5.11 Å². The number of aromatic hydroxyl groups is 1. The van der Waals surface area contributed by atoms with E-state index in [0.717, 1.165) is 12.1 Å². The maximum absolute atomic E-state index is 9.69. The summed E-state index contributed by atoms with van der Waals surface area (Å²) in [5, 5.41) is 13.4. The highest BCUT2D eigenvalue weighted by molar-refractivity contribution is 6.32. The number of nitrogens with zero attached hydrogens (tertiary/aromatic N) is 1. The summed E-state index contributed by atoms with van der Waals surface area (Å²) in [6.07, 6.45) is 0. The lowest BCUT2D eigenvalue weighted by Crippen LogP contribution is -2.35. The average molecular weight is 243 g/mol.